The molecule has 1 atom stereocenters. The van der Waals surface area contributed by atoms with Gasteiger partial charge in [0.15, 0.2) is 0 Å². The van der Waals surface area contributed by atoms with Crippen molar-refractivity contribution >= 4 is 15.9 Å². The minimum absolute atomic E-state index is 0.0390. The Morgan fingerprint density at radius 3 is 2.39 bits per heavy atom. The molecule has 1 heterocycles. The van der Waals surface area contributed by atoms with Crippen LogP contribution < -0.4 is 5.73 Å². The Kier molecular flexibility index (Phi) is 2.78. The molecule has 7 heteroatoms. The van der Waals surface area contributed by atoms with Gasteiger partial charge in [-0.25, -0.2) is 8.42 Å². The topological polar surface area (TPSA) is 60.2 Å². The molecule has 0 radical (unpaired) electrons. The first-order valence-electron chi connectivity index (χ1n) is 5.08. The highest BCUT2D eigenvalue weighted by Gasteiger charge is 2.42. The van der Waals surface area contributed by atoms with Gasteiger partial charge in [-0.3, -0.25) is 0 Å². The molecule has 1 aliphatic heterocycles. The molecule has 1 aromatic carbocycles. The van der Waals surface area contributed by atoms with E-state index >= 15 is 0 Å². The standard InChI is InChI=1S/C11H10F3NO2S/c1-6(15)9-5-7-3-2-4-8(11(12,13)14)10(7)18(9,16)17/h2-6H,15H2,1H3. The van der Waals surface area contributed by atoms with Crippen LogP contribution in [0, 0.1) is 0 Å². The van der Waals surface area contributed by atoms with Crippen molar-refractivity contribution in [2.24, 2.45) is 5.73 Å². The van der Waals surface area contributed by atoms with E-state index < -0.39 is 32.5 Å². The number of nitrogens with two attached hydrogens (primary N) is 1. The highest BCUT2D eigenvalue weighted by molar-refractivity contribution is 7.96. The van der Waals surface area contributed by atoms with Crippen LogP contribution in [0.15, 0.2) is 28.0 Å². The molecule has 1 aromatic rings. The quantitative estimate of drug-likeness (QED) is 0.856. The van der Waals surface area contributed by atoms with Crippen LogP contribution in [0.25, 0.3) is 6.08 Å². The van der Waals surface area contributed by atoms with E-state index in [2.05, 4.69) is 0 Å². The molecule has 98 valence electrons. The summed E-state index contributed by atoms with van der Waals surface area (Å²) >= 11 is 0. The molecule has 18 heavy (non-hydrogen) atoms. The first kappa shape index (κ1) is 13.1. The van der Waals surface area contributed by atoms with Crippen molar-refractivity contribution in [1.29, 1.82) is 0 Å². The third-order valence-corrected chi connectivity index (χ3v) is 4.78. The Morgan fingerprint density at radius 1 is 1.28 bits per heavy atom. The Morgan fingerprint density at radius 2 is 1.89 bits per heavy atom. The van der Waals surface area contributed by atoms with Gasteiger partial charge in [-0.05, 0) is 24.6 Å². The minimum Gasteiger partial charge on any atom is -0.324 e. The summed E-state index contributed by atoms with van der Waals surface area (Å²) < 4.78 is 62.5. The summed E-state index contributed by atoms with van der Waals surface area (Å²) in [6, 6.07) is 2.42. The number of halogens is 3. The van der Waals surface area contributed by atoms with Crippen LogP contribution >= 0.6 is 0 Å². The van der Waals surface area contributed by atoms with Crippen molar-refractivity contribution in [2.75, 3.05) is 0 Å². The molecular weight excluding hydrogens is 267 g/mol. The predicted octanol–water partition coefficient (Wildman–Crippen LogP) is 2.18. The zero-order valence-corrected chi connectivity index (χ0v) is 10.1. The molecular formula is C11H10F3NO2S. The normalized spacial score (nSPS) is 19.3. The lowest BCUT2D eigenvalue weighted by Gasteiger charge is -2.13. The third-order valence-electron chi connectivity index (χ3n) is 2.68. The average Bonchev–Trinajstić information content (AvgIpc) is 2.49. The molecule has 0 fully saturated rings. The Bertz CT molecular complexity index is 630. The van der Waals surface area contributed by atoms with E-state index in [9.17, 15) is 21.6 Å². The van der Waals surface area contributed by atoms with Gasteiger partial charge in [0, 0.05) is 6.04 Å². The highest BCUT2D eigenvalue weighted by Crippen LogP contribution is 2.42. The van der Waals surface area contributed by atoms with Gasteiger partial charge in [-0.15, -0.1) is 0 Å². The van der Waals surface area contributed by atoms with Crippen LogP contribution in [0.3, 0.4) is 0 Å². The van der Waals surface area contributed by atoms with Crippen molar-refractivity contribution in [3.63, 3.8) is 0 Å². The second-order valence-corrected chi connectivity index (χ2v) is 5.95. The summed E-state index contributed by atoms with van der Waals surface area (Å²) in [5, 5.41) is 0. The molecule has 0 bridgehead atoms. The third kappa shape index (κ3) is 1.83. The number of sulfone groups is 1. The van der Waals surface area contributed by atoms with Crippen molar-refractivity contribution < 1.29 is 21.6 Å². The maximum absolute atomic E-state index is 12.8. The van der Waals surface area contributed by atoms with Gasteiger partial charge in [-0.2, -0.15) is 13.2 Å². The van der Waals surface area contributed by atoms with Gasteiger partial charge in [0.05, 0.1) is 15.4 Å². The van der Waals surface area contributed by atoms with Crippen LogP contribution in [0.5, 0.6) is 0 Å². The Hall–Kier alpha value is -1.34. The molecule has 0 saturated heterocycles. The summed E-state index contributed by atoms with van der Waals surface area (Å²) in [5.74, 6) is 0. The van der Waals surface area contributed by atoms with Crippen LogP contribution in [-0.2, 0) is 16.0 Å². The number of rotatable bonds is 1. The molecule has 3 nitrogen and oxygen atoms in total. The maximum Gasteiger partial charge on any atom is 0.417 e. The zero-order valence-electron chi connectivity index (χ0n) is 9.32. The van der Waals surface area contributed by atoms with E-state index in [1.165, 1.54) is 25.1 Å². The first-order chi connectivity index (χ1) is 8.15. The van der Waals surface area contributed by atoms with Crippen LogP contribution in [0.1, 0.15) is 18.1 Å². The second-order valence-electron chi connectivity index (χ2n) is 4.06. The molecule has 1 aliphatic rings. The van der Waals surface area contributed by atoms with Crippen molar-refractivity contribution in [1.82, 2.24) is 0 Å². The van der Waals surface area contributed by atoms with Crippen molar-refractivity contribution in [3.8, 4) is 0 Å². The lowest BCUT2D eigenvalue weighted by molar-refractivity contribution is -0.139. The molecule has 2 rings (SSSR count). The van der Waals surface area contributed by atoms with Gasteiger partial charge < -0.3 is 5.73 Å². The monoisotopic (exact) mass is 277 g/mol. The largest absolute Gasteiger partial charge is 0.417 e. The zero-order chi connectivity index (χ0) is 13.7. The fourth-order valence-electron chi connectivity index (χ4n) is 1.92. The summed E-state index contributed by atoms with van der Waals surface area (Å²) in [6.45, 7) is 1.42. The van der Waals surface area contributed by atoms with E-state index in [0.29, 0.717) is 0 Å². The molecule has 1 unspecified atom stereocenters. The number of hydrogen-bond donors (Lipinski definition) is 1. The average molecular weight is 277 g/mol. The number of alkyl halides is 3. The lowest BCUT2D eigenvalue weighted by atomic mass is 10.1. The summed E-state index contributed by atoms with van der Waals surface area (Å²) in [5.41, 5.74) is 4.38. The molecule has 0 aromatic heterocycles. The molecule has 0 spiro atoms. The van der Waals surface area contributed by atoms with Crippen LogP contribution in [-0.4, -0.2) is 14.5 Å². The van der Waals surface area contributed by atoms with E-state index in [1.54, 1.807) is 0 Å². The minimum atomic E-state index is -4.71. The number of hydrogen-bond acceptors (Lipinski definition) is 3. The first-order valence-corrected chi connectivity index (χ1v) is 6.56. The smallest absolute Gasteiger partial charge is 0.324 e. The molecule has 0 amide bonds. The molecule has 2 N–H and O–H groups in total. The van der Waals surface area contributed by atoms with Crippen molar-refractivity contribution in [2.45, 2.75) is 24.0 Å². The Labute approximate surface area is 102 Å². The van der Waals surface area contributed by atoms with Gasteiger partial charge in [0.2, 0.25) is 9.84 Å². The fourth-order valence-corrected chi connectivity index (χ4v) is 3.83. The van der Waals surface area contributed by atoms with Gasteiger partial charge >= 0.3 is 6.18 Å². The summed E-state index contributed by atoms with van der Waals surface area (Å²) in [4.78, 5) is -0.876. The maximum atomic E-state index is 12.8. The van der Waals surface area contributed by atoms with Gasteiger partial charge in [-0.1, -0.05) is 12.1 Å². The highest BCUT2D eigenvalue weighted by atomic mass is 32.2. The lowest BCUT2D eigenvalue weighted by Crippen LogP contribution is -2.23. The molecule has 0 saturated carbocycles. The number of fused-ring (bicyclic) bond motifs is 1. The van der Waals surface area contributed by atoms with Crippen LogP contribution in [0.2, 0.25) is 0 Å². The Balaban J connectivity index is 2.75. The predicted molar refractivity (Wildman–Crippen MR) is 60.3 cm³/mol. The van der Waals surface area contributed by atoms with E-state index in [4.69, 9.17) is 5.73 Å². The summed E-state index contributed by atoms with van der Waals surface area (Å²) in [6.07, 6.45) is -3.51. The molecule has 0 aliphatic carbocycles. The fraction of sp³-hybridized carbons (Fsp3) is 0.273. The van der Waals surface area contributed by atoms with Crippen LogP contribution in [0.4, 0.5) is 13.2 Å². The van der Waals surface area contributed by atoms with Gasteiger partial charge in [0.25, 0.3) is 0 Å². The van der Waals surface area contributed by atoms with E-state index in [-0.39, 0.29) is 10.5 Å². The van der Waals surface area contributed by atoms with E-state index in [0.717, 1.165) is 6.07 Å². The summed E-state index contributed by atoms with van der Waals surface area (Å²) in [7, 11) is -4.14. The SMILES string of the molecule is CC(N)C1=Cc2cccc(C(F)(F)F)c2S1(=O)=O. The van der Waals surface area contributed by atoms with Crippen molar-refractivity contribution in [3.05, 3.63) is 34.2 Å². The second kappa shape index (κ2) is 3.83. The number of benzene rings is 1. The van der Waals surface area contributed by atoms with Gasteiger partial charge in [0.1, 0.15) is 0 Å². The van der Waals surface area contributed by atoms with E-state index in [1.807, 2.05) is 0 Å².